The molecule has 104 valence electrons. The van der Waals surface area contributed by atoms with Crippen LogP contribution in [0, 0.1) is 0 Å². The van der Waals surface area contributed by atoms with Gasteiger partial charge in [-0.2, -0.15) is 0 Å². The summed E-state index contributed by atoms with van der Waals surface area (Å²) in [5.74, 6) is 0. The Balaban J connectivity index is 1.44. The maximum absolute atomic E-state index is 2.55. The van der Waals surface area contributed by atoms with Crippen LogP contribution in [0.3, 0.4) is 0 Å². The highest BCUT2D eigenvalue weighted by Gasteiger charge is 2.19. The Morgan fingerprint density at radius 2 is 1.50 bits per heavy atom. The molecule has 2 heteroatoms. The standard InChI is InChI=1S/C18H22N2/c1-3-8-17(9-4-1)10-7-13-19-14-15-20(16-19)18-11-5-2-6-12-18/h1-6,8-9,11-12H,7,10,13-16H2. The Morgan fingerprint density at radius 1 is 0.800 bits per heavy atom. The van der Waals surface area contributed by atoms with Crippen molar-refractivity contribution in [1.29, 1.82) is 0 Å². The lowest BCUT2D eigenvalue weighted by atomic mass is 10.1. The maximum atomic E-state index is 2.55. The van der Waals surface area contributed by atoms with Crippen molar-refractivity contribution in [2.75, 3.05) is 31.2 Å². The predicted molar refractivity (Wildman–Crippen MR) is 85.0 cm³/mol. The van der Waals surface area contributed by atoms with Crippen LogP contribution < -0.4 is 4.90 Å². The monoisotopic (exact) mass is 266 g/mol. The third-order valence-corrected chi connectivity index (χ3v) is 3.96. The maximum Gasteiger partial charge on any atom is 0.0708 e. The number of benzene rings is 2. The first-order chi connectivity index (χ1) is 9.92. The van der Waals surface area contributed by atoms with E-state index in [1.54, 1.807) is 0 Å². The van der Waals surface area contributed by atoms with E-state index in [1.807, 2.05) is 0 Å². The molecule has 0 aliphatic carbocycles. The second-order valence-corrected chi connectivity index (χ2v) is 5.45. The van der Waals surface area contributed by atoms with Crippen LogP contribution >= 0.6 is 0 Å². The minimum absolute atomic E-state index is 1.07. The number of para-hydroxylation sites is 1. The fourth-order valence-corrected chi connectivity index (χ4v) is 2.83. The topological polar surface area (TPSA) is 6.48 Å². The van der Waals surface area contributed by atoms with Gasteiger partial charge in [0.1, 0.15) is 0 Å². The van der Waals surface area contributed by atoms with Crippen LogP contribution in [0.25, 0.3) is 0 Å². The van der Waals surface area contributed by atoms with Gasteiger partial charge in [0.05, 0.1) is 6.67 Å². The molecule has 1 aliphatic rings. The lowest BCUT2D eigenvalue weighted by molar-refractivity contribution is 0.336. The van der Waals surface area contributed by atoms with E-state index in [0.29, 0.717) is 0 Å². The number of aryl methyl sites for hydroxylation is 1. The molecule has 2 aromatic rings. The molecule has 20 heavy (non-hydrogen) atoms. The number of hydrogen-bond acceptors (Lipinski definition) is 2. The summed E-state index contributed by atoms with van der Waals surface area (Å²) >= 11 is 0. The largest absolute Gasteiger partial charge is 0.357 e. The molecule has 0 N–H and O–H groups in total. The second kappa shape index (κ2) is 6.58. The first-order valence-electron chi connectivity index (χ1n) is 7.48. The van der Waals surface area contributed by atoms with E-state index in [9.17, 15) is 0 Å². The molecule has 1 aliphatic heterocycles. The Labute approximate surface area is 121 Å². The van der Waals surface area contributed by atoms with E-state index in [4.69, 9.17) is 0 Å². The van der Waals surface area contributed by atoms with E-state index < -0.39 is 0 Å². The highest BCUT2D eigenvalue weighted by Crippen LogP contribution is 2.17. The normalized spacial score (nSPS) is 15.7. The summed E-state index contributed by atoms with van der Waals surface area (Å²) in [6, 6.07) is 21.5. The minimum Gasteiger partial charge on any atom is -0.357 e. The van der Waals surface area contributed by atoms with E-state index in [-0.39, 0.29) is 0 Å². The van der Waals surface area contributed by atoms with Crippen LogP contribution in [0.2, 0.25) is 0 Å². The molecule has 0 radical (unpaired) electrons. The van der Waals surface area contributed by atoms with Crippen molar-refractivity contribution in [3.8, 4) is 0 Å². The third kappa shape index (κ3) is 3.40. The first kappa shape index (κ1) is 13.2. The van der Waals surface area contributed by atoms with Crippen molar-refractivity contribution in [2.24, 2.45) is 0 Å². The molecule has 0 bridgehead atoms. The Bertz CT molecular complexity index is 509. The molecule has 1 fully saturated rings. The van der Waals surface area contributed by atoms with Gasteiger partial charge in [0.25, 0.3) is 0 Å². The lowest BCUT2D eigenvalue weighted by Crippen LogP contribution is -2.26. The predicted octanol–water partition coefficient (Wildman–Crippen LogP) is 3.40. The van der Waals surface area contributed by atoms with Crippen molar-refractivity contribution in [3.63, 3.8) is 0 Å². The first-order valence-corrected chi connectivity index (χ1v) is 7.48. The molecule has 0 spiro atoms. The van der Waals surface area contributed by atoms with E-state index in [0.717, 1.165) is 13.2 Å². The summed E-state index contributed by atoms with van der Waals surface area (Å²) in [7, 11) is 0. The van der Waals surface area contributed by atoms with Crippen molar-refractivity contribution >= 4 is 5.69 Å². The summed E-state index contributed by atoms with van der Waals surface area (Å²) in [4.78, 5) is 5.01. The van der Waals surface area contributed by atoms with Gasteiger partial charge in [-0.15, -0.1) is 0 Å². The molecule has 0 amide bonds. The van der Waals surface area contributed by atoms with E-state index >= 15 is 0 Å². The fourth-order valence-electron chi connectivity index (χ4n) is 2.83. The molecular weight excluding hydrogens is 244 g/mol. The number of rotatable bonds is 5. The molecule has 1 heterocycles. The van der Waals surface area contributed by atoms with Crippen LogP contribution in [-0.4, -0.2) is 31.2 Å². The molecule has 0 atom stereocenters. The molecule has 2 aromatic carbocycles. The number of hydrogen-bond donors (Lipinski definition) is 0. The Morgan fingerprint density at radius 3 is 2.25 bits per heavy atom. The third-order valence-electron chi connectivity index (χ3n) is 3.96. The summed E-state index contributed by atoms with van der Waals surface area (Å²) < 4.78 is 0. The summed E-state index contributed by atoms with van der Waals surface area (Å²) in [6.45, 7) is 4.59. The van der Waals surface area contributed by atoms with Crippen molar-refractivity contribution < 1.29 is 0 Å². The van der Waals surface area contributed by atoms with Gasteiger partial charge in [-0.25, -0.2) is 0 Å². The van der Waals surface area contributed by atoms with Gasteiger partial charge in [0, 0.05) is 25.3 Å². The highest BCUT2D eigenvalue weighted by molar-refractivity contribution is 5.46. The average Bonchev–Trinajstić information content (AvgIpc) is 2.98. The van der Waals surface area contributed by atoms with E-state index in [1.165, 1.54) is 37.2 Å². The zero-order chi connectivity index (χ0) is 13.6. The van der Waals surface area contributed by atoms with Gasteiger partial charge < -0.3 is 4.90 Å². The molecule has 0 aromatic heterocycles. The minimum atomic E-state index is 1.07. The summed E-state index contributed by atoms with van der Waals surface area (Å²) in [5.41, 5.74) is 2.80. The van der Waals surface area contributed by atoms with Crippen LogP contribution in [0.15, 0.2) is 60.7 Å². The smallest absolute Gasteiger partial charge is 0.0708 e. The average molecular weight is 266 g/mol. The van der Waals surface area contributed by atoms with Gasteiger partial charge in [0.15, 0.2) is 0 Å². The zero-order valence-electron chi connectivity index (χ0n) is 11.9. The quantitative estimate of drug-likeness (QED) is 0.818. The van der Waals surface area contributed by atoms with Gasteiger partial charge >= 0.3 is 0 Å². The molecule has 0 saturated carbocycles. The van der Waals surface area contributed by atoms with Crippen molar-refractivity contribution in [2.45, 2.75) is 12.8 Å². The Kier molecular flexibility index (Phi) is 4.34. The fraction of sp³-hybridized carbons (Fsp3) is 0.333. The lowest BCUT2D eigenvalue weighted by Gasteiger charge is -2.19. The second-order valence-electron chi connectivity index (χ2n) is 5.45. The molecule has 2 nitrogen and oxygen atoms in total. The van der Waals surface area contributed by atoms with Crippen molar-refractivity contribution in [1.82, 2.24) is 4.90 Å². The van der Waals surface area contributed by atoms with Crippen molar-refractivity contribution in [3.05, 3.63) is 66.2 Å². The molecular formula is C18H22N2. The number of nitrogens with zero attached hydrogens (tertiary/aromatic N) is 2. The van der Waals surface area contributed by atoms with Gasteiger partial charge in [-0.3, -0.25) is 4.90 Å². The number of anilines is 1. The van der Waals surface area contributed by atoms with Crippen LogP contribution in [-0.2, 0) is 6.42 Å². The van der Waals surface area contributed by atoms with Crippen LogP contribution in [0.4, 0.5) is 5.69 Å². The van der Waals surface area contributed by atoms with Gasteiger partial charge in [-0.1, -0.05) is 48.5 Å². The molecule has 3 rings (SSSR count). The summed E-state index contributed by atoms with van der Waals surface area (Å²) in [5, 5.41) is 0. The SMILES string of the molecule is c1ccc(CCCN2CCN(c3ccccc3)C2)cc1. The zero-order valence-corrected chi connectivity index (χ0v) is 11.9. The summed E-state index contributed by atoms with van der Waals surface area (Å²) in [6.07, 6.45) is 2.43. The highest BCUT2D eigenvalue weighted by atomic mass is 15.4. The van der Waals surface area contributed by atoms with Crippen LogP contribution in [0.1, 0.15) is 12.0 Å². The van der Waals surface area contributed by atoms with E-state index in [2.05, 4.69) is 70.5 Å². The van der Waals surface area contributed by atoms with Gasteiger partial charge in [-0.05, 0) is 30.5 Å². The molecule has 0 unspecified atom stereocenters. The van der Waals surface area contributed by atoms with Crippen LogP contribution in [0.5, 0.6) is 0 Å². The Hall–Kier alpha value is -1.80. The van der Waals surface area contributed by atoms with Gasteiger partial charge in [0.2, 0.25) is 0 Å². The molecule has 1 saturated heterocycles.